The molecular formula is C14H19NO5S3. The Labute approximate surface area is 143 Å². The molecule has 1 N–H and O–H groups in total. The number of anilines is 1. The lowest BCUT2D eigenvalue weighted by Gasteiger charge is -2.13. The van der Waals surface area contributed by atoms with Gasteiger partial charge in [-0.1, -0.05) is 0 Å². The molecule has 0 fully saturated rings. The second-order valence-electron chi connectivity index (χ2n) is 5.14. The number of carbonyl (C=O) groups excluding carboxylic acids is 2. The first-order valence-corrected chi connectivity index (χ1v) is 11.1. The molecule has 128 valence electrons. The van der Waals surface area contributed by atoms with Crippen LogP contribution in [-0.4, -0.2) is 44.2 Å². The molecule has 0 aliphatic carbocycles. The smallest absolute Gasteiger partial charge is 0.341 e. The molecule has 0 radical (unpaired) electrons. The second-order valence-corrected chi connectivity index (χ2v) is 9.61. The number of rotatable bonds is 5. The van der Waals surface area contributed by atoms with Crippen LogP contribution in [0.2, 0.25) is 0 Å². The van der Waals surface area contributed by atoms with Gasteiger partial charge in [-0.25, -0.2) is 13.2 Å². The van der Waals surface area contributed by atoms with Crippen molar-refractivity contribution in [1.29, 1.82) is 0 Å². The van der Waals surface area contributed by atoms with Gasteiger partial charge in [-0.2, -0.15) is 11.8 Å². The summed E-state index contributed by atoms with van der Waals surface area (Å²) in [5.41, 5.74) is 0.999. The van der Waals surface area contributed by atoms with Crippen LogP contribution in [0.5, 0.6) is 0 Å². The average molecular weight is 378 g/mol. The van der Waals surface area contributed by atoms with Gasteiger partial charge in [0.15, 0.2) is 9.84 Å². The zero-order chi connectivity index (χ0) is 17.2. The maximum absolute atomic E-state index is 12.3. The molecule has 9 heteroatoms. The van der Waals surface area contributed by atoms with Gasteiger partial charge in [-0.05, 0) is 32.1 Å². The Morgan fingerprint density at radius 3 is 2.74 bits per heavy atom. The van der Waals surface area contributed by atoms with Crippen LogP contribution in [0.4, 0.5) is 5.00 Å². The van der Waals surface area contributed by atoms with Crippen LogP contribution in [0.15, 0.2) is 0 Å². The molecule has 1 aliphatic rings. The molecule has 2 heterocycles. The highest BCUT2D eigenvalue weighted by molar-refractivity contribution is 7.99. The van der Waals surface area contributed by atoms with Crippen molar-refractivity contribution >= 4 is 49.8 Å². The summed E-state index contributed by atoms with van der Waals surface area (Å²) in [6.07, 6.45) is 2.10. The van der Waals surface area contributed by atoms with Gasteiger partial charge in [-0.15, -0.1) is 11.3 Å². The monoisotopic (exact) mass is 377 g/mol. The molecule has 0 bridgehead atoms. The first-order chi connectivity index (χ1) is 10.8. The fourth-order valence-electron chi connectivity index (χ4n) is 2.25. The number of thiophene rings is 1. The summed E-state index contributed by atoms with van der Waals surface area (Å²) in [6, 6.07) is 0. The SMILES string of the molecule is CCOC(=O)c1c(NC(=O)[C@H](C)SC)sc2c1CCS(=O)(=O)C2. The first-order valence-electron chi connectivity index (χ1n) is 7.14. The van der Waals surface area contributed by atoms with Crippen molar-refractivity contribution in [1.82, 2.24) is 0 Å². The van der Waals surface area contributed by atoms with Gasteiger partial charge in [-0.3, -0.25) is 4.79 Å². The van der Waals surface area contributed by atoms with E-state index in [0.29, 0.717) is 21.0 Å². The quantitative estimate of drug-likeness (QED) is 0.790. The van der Waals surface area contributed by atoms with Crippen LogP contribution in [0.1, 0.15) is 34.6 Å². The highest BCUT2D eigenvalue weighted by atomic mass is 32.2. The van der Waals surface area contributed by atoms with E-state index in [2.05, 4.69) is 5.32 Å². The zero-order valence-corrected chi connectivity index (χ0v) is 15.6. The average Bonchev–Trinajstić information content (AvgIpc) is 2.82. The van der Waals surface area contributed by atoms with Crippen LogP contribution >= 0.6 is 23.1 Å². The van der Waals surface area contributed by atoms with Gasteiger partial charge in [0.2, 0.25) is 5.91 Å². The van der Waals surface area contributed by atoms with Crippen molar-refractivity contribution in [3.63, 3.8) is 0 Å². The highest BCUT2D eigenvalue weighted by Gasteiger charge is 2.32. The Kier molecular flexibility index (Phi) is 5.74. The molecule has 1 aromatic heterocycles. The number of ether oxygens (including phenoxy) is 1. The van der Waals surface area contributed by atoms with Gasteiger partial charge in [0.1, 0.15) is 5.00 Å². The van der Waals surface area contributed by atoms with Crippen molar-refractivity contribution in [2.24, 2.45) is 0 Å². The summed E-state index contributed by atoms with van der Waals surface area (Å²) in [5, 5.41) is 2.86. The summed E-state index contributed by atoms with van der Waals surface area (Å²) in [4.78, 5) is 25.0. The fraction of sp³-hybridized carbons (Fsp3) is 0.571. The van der Waals surface area contributed by atoms with Crippen molar-refractivity contribution in [3.8, 4) is 0 Å². The summed E-state index contributed by atoms with van der Waals surface area (Å²) in [7, 11) is -3.15. The molecule has 1 aliphatic heterocycles. The van der Waals surface area contributed by atoms with E-state index in [1.54, 1.807) is 13.8 Å². The van der Waals surface area contributed by atoms with Gasteiger partial charge in [0.05, 0.1) is 28.9 Å². The topological polar surface area (TPSA) is 89.5 Å². The van der Waals surface area contributed by atoms with Crippen molar-refractivity contribution < 1.29 is 22.7 Å². The number of amides is 1. The number of hydrogen-bond acceptors (Lipinski definition) is 7. The number of nitrogens with one attached hydrogen (secondary N) is 1. The van der Waals surface area contributed by atoms with E-state index in [1.165, 1.54) is 11.8 Å². The van der Waals surface area contributed by atoms with E-state index >= 15 is 0 Å². The fourth-order valence-corrected chi connectivity index (χ4v) is 5.56. The lowest BCUT2D eigenvalue weighted by atomic mass is 10.1. The van der Waals surface area contributed by atoms with Crippen LogP contribution in [0.3, 0.4) is 0 Å². The lowest BCUT2D eigenvalue weighted by molar-refractivity contribution is -0.115. The van der Waals surface area contributed by atoms with Gasteiger partial charge in [0, 0.05) is 4.88 Å². The lowest BCUT2D eigenvalue weighted by Crippen LogP contribution is -2.23. The summed E-state index contributed by atoms with van der Waals surface area (Å²) < 4.78 is 28.7. The van der Waals surface area contributed by atoms with E-state index < -0.39 is 15.8 Å². The van der Waals surface area contributed by atoms with E-state index in [9.17, 15) is 18.0 Å². The molecule has 0 saturated heterocycles. The standard InChI is InChI=1S/C14H19NO5S3/c1-4-20-14(17)11-9-5-6-23(18,19)7-10(9)22-13(11)15-12(16)8(2)21-3/h8H,4-7H2,1-3H3,(H,15,16)/t8-/m0/s1. The minimum atomic E-state index is -3.15. The maximum atomic E-state index is 12.3. The zero-order valence-electron chi connectivity index (χ0n) is 13.2. The highest BCUT2D eigenvalue weighted by Crippen LogP contribution is 2.38. The van der Waals surface area contributed by atoms with E-state index in [0.717, 1.165) is 11.3 Å². The van der Waals surface area contributed by atoms with Crippen molar-refractivity contribution in [2.75, 3.05) is 23.9 Å². The number of thioether (sulfide) groups is 1. The van der Waals surface area contributed by atoms with Crippen LogP contribution in [0, 0.1) is 0 Å². The second kappa shape index (κ2) is 7.23. The van der Waals surface area contributed by atoms with E-state index in [-0.39, 0.29) is 35.7 Å². The third-order valence-corrected chi connectivity index (χ3v) is 7.35. The molecule has 23 heavy (non-hydrogen) atoms. The number of fused-ring (bicyclic) bond motifs is 1. The number of esters is 1. The molecule has 0 unspecified atom stereocenters. The summed E-state index contributed by atoms with van der Waals surface area (Å²) in [5.74, 6) is -0.814. The molecular weight excluding hydrogens is 358 g/mol. The van der Waals surface area contributed by atoms with Gasteiger partial charge >= 0.3 is 5.97 Å². The molecule has 1 atom stereocenters. The molecule has 0 spiro atoms. The Bertz CT molecular complexity index is 723. The third-order valence-electron chi connectivity index (χ3n) is 3.54. The number of carbonyl (C=O) groups is 2. The minimum absolute atomic E-state index is 0.0116. The predicted molar refractivity (Wildman–Crippen MR) is 93.1 cm³/mol. The molecule has 0 saturated carbocycles. The van der Waals surface area contributed by atoms with Gasteiger partial charge < -0.3 is 10.1 Å². The van der Waals surface area contributed by atoms with E-state index in [4.69, 9.17) is 4.74 Å². The molecule has 0 aromatic carbocycles. The Morgan fingerprint density at radius 2 is 2.13 bits per heavy atom. The largest absolute Gasteiger partial charge is 0.462 e. The first kappa shape index (κ1) is 18.3. The van der Waals surface area contributed by atoms with Crippen LogP contribution in [-0.2, 0) is 31.5 Å². The Balaban J connectivity index is 2.42. The molecule has 2 rings (SSSR count). The number of sulfone groups is 1. The van der Waals surface area contributed by atoms with Crippen molar-refractivity contribution in [3.05, 3.63) is 16.0 Å². The summed E-state index contributed by atoms with van der Waals surface area (Å²) in [6.45, 7) is 3.69. The van der Waals surface area contributed by atoms with E-state index in [1.807, 2.05) is 6.26 Å². The normalized spacial score (nSPS) is 17.2. The molecule has 1 amide bonds. The minimum Gasteiger partial charge on any atom is -0.462 e. The van der Waals surface area contributed by atoms with Gasteiger partial charge in [0.25, 0.3) is 0 Å². The Morgan fingerprint density at radius 1 is 1.43 bits per heavy atom. The van der Waals surface area contributed by atoms with Crippen molar-refractivity contribution in [2.45, 2.75) is 31.3 Å². The molecule has 6 nitrogen and oxygen atoms in total. The van der Waals surface area contributed by atoms with Crippen LogP contribution < -0.4 is 5.32 Å². The summed E-state index contributed by atoms with van der Waals surface area (Å²) >= 11 is 2.55. The van der Waals surface area contributed by atoms with Crippen LogP contribution in [0.25, 0.3) is 0 Å². The maximum Gasteiger partial charge on any atom is 0.341 e. The molecule has 1 aromatic rings. The predicted octanol–water partition coefficient (Wildman–Crippen LogP) is 2.09. The number of hydrogen-bond donors (Lipinski definition) is 1. The third kappa shape index (κ3) is 4.07. The Hall–Kier alpha value is -1.06.